The van der Waals surface area contributed by atoms with Gasteiger partial charge in [0.1, 0.15) is 23.4 Å². The zero-order valence-electron chi connectivity index (χ0n) is 46.8. The number of carbonyl (C=O) groups is 6. The van der Waals surface area contributed by atoms with E-state index in [1.165, 1.54) is 12.7 Å². The van der Waals surface area contributed by atoms with Gasteiger partial charge in [-0.3, -0.25) is 48.7 Å². The maximum Gasteiger partial charge on any atom is 0.287 e. The number of amides is 6. The molecular weight excluding hydrogens is 1080 g/mol. The average molecular weight is 1150 g/mol. The SMILES string of the molecule is O=C(NCC1CC12CCN(C(=O)C1=CCC=N1)CC2)c1cc2ccncc2o1.O=C(NCC1CC12CCN(C(=O)c1ccncn1)CC2)c1cc2ccncc2o1.O=C(NCC1CC12CCN(C(=O)c1cnc[nH]1)CC2)c1cc2ccncc2o1. The Balaban J connectivity index is 0.000000119. The molecule has 12 heterocycles. The molecule has 3 atom stereocenters. The maximum absolute atomic E-state index is 12.5. The number of allylic oxidation sites excluding steroid dienone is 1. The molecule has 3 spiro atoms. The van der Waals surface area contributed by atoms with Crippen molar-refractivity contribution in [2.75, 3.05) is 58.9 Å². The predicted molar refractivity (Wildman–Crippen MR) is 309 cm³/mol. The van der Waals surface area contributed by atoms with Crippen LogP contribution in [0.4, 0.5) is 0 Å². The lowest BCUT2D eigenvalue weighted by Crippen LogP contribution is -2.40. The maximum atomic E-state index is 12.5. The molecule has 23 heteroatoms. The number of nitrogens with zero attached hydrogens (tertiary/aromatic N) is 10. The first kappa shape index (κ1) is 54.8. The minimum Gasteiger partial charge on any atom is -0.449 e. The van der Waals surface area contributed by atoms with Crippen LogP contribution in [0.15, 0.2) is 135 Å². The fraction of sp³-hybridized carbons (Fsp3) is 0.403. The number of rotatable bonds is 12. The van der Waals surface area contributed by atoms with Crippen LogP contribution in [0.25, 0.3) is 32.9 Å². The Morgan fingerprint density at radius 3 is 1.32 bits per heavy atom. The van der Waals surface area contributed by atoms with Gasteiger partial charge < -0.3 is 48.9 Å². The van der Waals surface area contributed by atoms with Gasteiger partial charge in [-0.2, -0.15) is 0 Å². The molecule has 4 aliphatic heterocycles. The Bertz CT molecular complexity index is 3760. The molecule has 6 fully saturated rings. The van der Waals surface area contributed by atoms with Crippen molar-refractivity contribution in [1.29, 1.82) is 0 Å². The Kier molecular flexibility index (Phi) is 14.8. The van der Waals surface area contributed by atoms with Gasteiger partial charge in [-0.15, -0.1) is 0 Å². The summed E-state index contributed by atoms with van der Waals surface area (Å²) in [5, 5.41) is 11.6. The molecule has 6 amide bonds. The molecule has 3 unspecified atom stereocenters. The number of aromatic nitrogens is 7. The van der Waals surface area contributed by atoms with Gasteiger partial charge in [0.05, 0.1) is 31.1 Å². The van der Waals surface area contributed by atoms with Crippen molar-refractivity contribution in [3.63, 3.8) is 0 Å². The summed E-state index contributed by atoms with van der Waals surface area (Å²) in [5.41, 5.74) is 4.18. The Morgan fingerprint density at radius 2 is 0.941 bits per heavy atom. The van der Waals surface area contributed by atoms with Gasteiger partial charge in [0, 0.05) is 112 Å². The minimum absolute atomic E-state index is 0.0113. The van der Waals surface area contributed by atoms with E-state index >= 15 is 0 Å². The van der Waals surface area contributed by atoms with Gasteiger partial charge in [0.15, 0.2) is 34.0 Å². The third-order valence-corrected chi connectivity index (χ3v) is 18.8. The number of imidazole rings is 1. The number of carbonyl (C=O) groups excluding carboxylic acids is 6. The molecule has 3 saturated carbocycles. The van der Waals surface area contributed by atoms with E-state index in [-0.39, 0.29) is 51.7 Å². The average Bonchev–Trinajstić information content (AvgIpc) is 2.01. The zero-order chi connectivity index (χ0) is 58.1. The fourth-order valence-corrected chi connectivity index (χ4v) is 13.2. The summed E-state index contributed by atoms with van der Waals surface area (Å²) < 4.78 is 16.7. The summed E-state index contributed by atoms with van der Waals surface area (Å²) in [7, 11) is 0. The van der Waals surface area contributed by atoms with Crippen LogP contribution in [-0.4, -0.2) is 150 Å². The second kappa shape index (κ2) is 23.0. The van der Waals surface area contributed by atoms with Gasteiger partial charge in [-0.25, -0.2) is 15.0 Å². The van der Waals surface area contributed by atoms with Crippen molar-refractivity contribution in [3.05, 3.63) is 145 Å². The summed E-state index contributed by atoms with van der Waals surface area (Å²) in [6.07, 6.45) is 29.5. The first-order valence-electron chi connectivity index (χ1n) is 29.1. The van der Waals surface area contributed by atoms with Crippen molar-refractivity contribution in [2.45, 2.75) is 64.2 Å². The van der Waals surface area contributed by atoms with Gasteiger partial charge in [0.2, 0.25) is 0 Å². The van der Waals surface area contributed by atoms with Crippen LogP contribution in [-0.2, 0) is 4.79 Å². The number of furan rings is 3. The van der Waals surface area contributed by atoms with Crippen LogP contribution < -0.4 is 16.0 Å². The molecule has 7 aliphatic rings. The van der Waals surface area contributed by atoms with Crippen LogP contribution in [0.1, 0.15) is 117 Å². The summed E-state index contributed by atoms with van der Waals surface area (Å²) in [6.45, 7) is 6.42. The summed E-state index contributed by atoms with van der Waals surface area (Å²) in [6, 6.07) is 12.4. The van der Waals surface area contributed by atoms with E-state index in [0.717, 1.165) is 120 Å². The molecule has 8 aromatic heterocycles. The molecule has 0 aromatic carbocycles. The summed E-state index contributed by atoms with van der Waals surface area (Å²) >= 11 is 0. The minimum atomic E-state index is -0.195. The molecule has 3 aliphatic carbocycles. The highest BCUT2D eigenvalue weighted by Crippen LogP contribution is 2.61. The van der Waals surface area contributed by atoms with Gasteiger partial charge >= 0.3 is 0 Å². The number of fused-ring (bicyclic) bond motifs is 3. The molecule has 8 aromatic rings. The van der Waals surface area contributed by atoms with Crippen molar-refractivity contribution in [1.82, 2.24) is 65.5 Å². The quantitative estimate of drug-likeness (QED) is 0.0952. The molecular formula is C62H64N14O9. The van der Waals surface area contributed by atoms with E-state index in [4.69, 9.17) is 13.3 Å². The van der Waals surface area contributed by atoms with Crippen LogP contribution in [0.5, 0.6) is 0 Å². The predicted octanol–water partition coefficient (Wildman–Crippen LogP) is 7.06. The highest BCUT2D eigenvalue weighted by Gasteiger charge is 2.57. The fourth-order valence-electron chi connectivity index (χ4n) is 13.2. The summed E-state index contributed by atoms with van der Waals surface area (Å²) in [5.74, 6) is 1.80. The van der Waals surface area contributed by atoms with E-state index < -0.39 is 0 Å². The third-order valence-electron chi connectivity index (χ3n) is 18.8. The molecule has 436 valence electrons. The van der Waals surface area contributed by atoms with Crippen molar-refractivity contribution in [2.24, 2.45) is 39.0 Å². The lowest BCUT2D eigenvalue weighted by molar-refractivity contribution is -0.128. The number of pyridine rings is 3. The number of aliphatic imine (C=N–C) groups is 1. The Labute approximate surface area is 487 Å². The second-order valence-electron chi connectivity index (χ2n) is 23.6. The van der Waals surface area contributed by atoms with Crippen molar-refractivity contribution in [3.8, 4) is 0 Å². The molecule has 0 radical (unpaired) electrons. The number of hydrogen-bond donors (Lipinski definition) is 4. The monoisotopic (exact) mass is 1150 g/mol. The van der Waals surface area contributed by atoms with Crippen molar-refractivity contribution < 1.29 is 42.0 Å². The van der Waals surface area contributed by atoms with E-state index in [9.17, 15) is 28.8 Å². The first-order chi connectivity index (χ1) is 41.4. The first-order valence-corrected chi connectivity index (χ1v) is 29.1. The standard InChI is InChI=1S/C21H21N5O3.C21H22N4O3.C20H21N5O3/c27-19(17-9-14-1-5-22-12-18(14)29-17)24-11-15-10-21(15)3-7-26(8-4-21)20(28)16-2-6-23-13-25-16;26-19(17-10-14-3-7-22-13-18(14)28-17)24-12-15-11-21(15)4-8-25(9-5-21)20(27)16-2-1-6-23-16;26-18(16-7-13-1-4-21-11-17(13)28-16)23-9-14-8-20(14)2-5-25(6-3-20)19(27)15-10-22-12-24-15/h1-2,5-6,9,12-13,15H,3-4,7-8,10-11H2,(H,24,27);2-3,6-7,10,13,15H,1,4-5,8-9,11-12H2,(H,24,26);1,4,7,10-12,14H,2-3,5-6,8-9H2,(H,22,24)(H,23,26). The second-order valence-corrected chi connectivity index (χ2v) is 23.6. The third kappa shape index (κ3) is 11.7. The number of nitrogens with one attached hydrogen (secondary N) is 4. The normalized spacial score (nSPS) is 21.0. The molecule has 4 N–H and O–H groups in total. The Hall–Kier alpha value is -9.41. The Morgan fingerprint density at radius 1 is 0.518 bits per heavy atom. The van der Waals surface area contributed by atoms with E-state index in [2.05, 4.69) is 55.8 Å². The number of aromatic amines is 1. The highest BCUT2D eigenvalue weighted by atomic mass is 16.4. The van der Waals surface area contributed by atoms with Crippen LogP contribution in [0.2, 0.25) is 0 Å². The molecule has 3 saturated heterocycles. The van der Waals surface area contributed by atoms with Crippen LogP contribution >= 0.6 is 0 Å². The van der Waals surface area contributed by atoms with Crippen LogP contribution in [0, 0.1) is 34.0 Å². The zero-order valence-corrected chi connectivity index (χ0v) is 46.8. The summed E-state index contributed by atoms with van der Waals surface area (Å²) in [4.78, 5) is 111. The van der Waals surface area contributed by atoms with Gasteiger partial charge in [0.25, 0.3) is 35.4 Å². The smallest absolute Gasteiger partial charge is 0.287 e. The van der Waals surface area contributed by atoms with Crippen molar-refractivity contribution >= 4 is 74.6 Å². The molecule has 23 nitrogen and oxygen atoms in total. The number of hydrogen-bond acceptors (Lipinski definition) is 16. The van der Waals surface area contributed by atoms with E-state index in [1.807, 2.05) is 39.0 Å². The van der Waals surface area contributed by atoms with Gasteiger partial charge in [-0.05, 0) is 140 Å². The highest BCUT2D eigenvalue weighted by molar-refractivity contribution is 5.98. The van der Waals surface area contributed by atoms with Crippen LogP contribution in [0.3, 0.4) is 0 Å². The lowest BCUT2D eigenvalue weighted by atomic mass is 9.90. The molecule has 0 bridgehead atoms. The van der Waals surface area contributed by atoms with E-state index in [0.29, 0.717) is 88.5 Å². The molecule has 15 rings (SSSR count). The largest absolute Gasteiger partial charge is 0.449 e. The topological polar surface area (TPSA) is 293 Å². The lowest BCUT2D eigenvalue weighted by Gasteiger charge is -2.33. The number of likely N-dealkylation sites (tertiary alicyclic amines) is 3. The number of H-pyrrole nitrogens is 1. The molecule has 85 heavy (non-hydrogen) atoms. The van der Waals surface area contributed by atoms with E-state index in [1.54, 1.807) is 80.1 Å². The number of piperidine rings is 3. The van der Waals surface area contributed by atoms with Gasteiger partial charge in [-0.1, -0.05) is 0 Å².